The fraction of sp³-hybridized carbons (Fsp3) is 0.667. The van der Waals surface area contributed by atoms with Crippen molar-refractivity contribution in [3.8, 4) is 0 Å². The van der Waals surface area contributed by atoms with Crippen LogP contribution in [0.5, 0.6) is 0 Å². The summed E-state index contributed by atoms with van der Waals surface area (Å²) in [6, 6.07) is 9.36. The predicted molar refractivity (Wildman–Crippen MR) is 87.1 cm³/mol. The average molecular weight is 274 g/mol. The van der Waals surface area contributed by atoms with E-state index in [-0.39, 0.29) is 5.54 Å². The summed E-state index contributed by atoms with van der Waals surface area (Å²) in [5.41, 5.74) is 2.96. The minimum Gasteiger partial charge on any atom is -0.311 e. The number of hydrogen-bond donors (Lipinski definition) is 1. The largest absolute Gasteiger partial charge is 0.311 e. The van der Waals surface area contributed by atoms with Gasteiger partial charge in [-0.15, -0.1) is 0 Å². The van der Waals surface area contributed by atoms with E-state index in [1.807, 2.05) is 0 Å². The van der Waals surface area contributed by atoms with Crippen molar-refractivity contribution in [2.45, 2.75) is 58.0 Å². The van der Waals surface area contributed by atoms with Crippen molar-refractivity contribution in [1.29, 1.82) is 0 Å². The number of aryl methyl sites for hydroxylation is 1. The summed E-state index contributed by atoms with van der Waals surface area (Å²) >= 11 is 0. The third-order valence-corrected chi connectivity index (χ3v) is 5.08. The molecule has 0 radical (unpaired) electrons. The van der Waals surface area contributed by atoms with Gasteiger partial charge in [0, 0.05) is 5.54 Å². The maximum atomic E-state index is 3.59. The Kier molecular flexibility index (Phi) is 5.22. The van der Waals surface area contributed by atoms with Crippen molar-refractivity contribution >= 4 is 0 Å². The zero-order valence-electron chi connectivity index (χ0n) is 13.6. The summed E-state index contributed by atoms with van der Waals surface area (Å²) in [6.45, 7) is 9.43. The van der Waals surface area contributed by atoms with Gasteiger partial charge in [-0.1, -0.05) is 43.2 Å². The van der Waals surface area contributed by atoms with Crippen LogP contribution < -0.4 is 5.32 Å². The van der Waals surface area contributed by atoms with Crippen molar-refractivity contribution < 1.29 is 0 Å². The molecule has 1 aliphatic rings. The van der Waals surface area contributed by atoms with Crippen LogP contribution in [0.4, 0.5) is 0 Å². The Labute approximate surface area is 124 Å². The van der Waals surface area contributed by atoms with Gasteiger partial charge in [0.25, 0.3) is 0 Å². The molecule has 2 rings (SSSR count). The van der Waals surface area contributed by atoms with E-state index >= 15 is 0 Å². The number of hydrogen-bond acceptors (Lipinski definition) is 2. The molecule has 1 fully saturated rings. The fourth-order valence-corrected chi connectivity index (χ4v) is 3.70. The highest BCUT2D eigenvalue weighted by Crippen LogP contribution is 2.36. The number of benzene rings is 1. The van der Waals surface area contributed by atoms with Crippen molar-refractivity contribution in [2.24, 2.45) is 0 Å². The number of likely N-dealkylation sites (tertiary alicyclic amines) is 1. The molecule has 2 unspecified atom stereocenters. The molecule has 20 heavy (non-hydrogen) atoms. The SMILES string of the molecule is CCC(C)(C(NC)c1cccc(C)c1)N1CCCCC1. The van der Waals surface area contributed by atoms with Gasteiger partial charge in [-0.05, 0) is 58.8 Å². The molecule has 0 spiro atoms. The highest BCUT2D eigenvalue weighted by atomic mass is 15.2. The van der Waals surface area contributed by atoms with Crippen LogP contribution in [-0.2, 0) is 0 Å². The molecule has 0 amide bonds. The average Bonchev–Trinajstić information content (AvgIpc) is 2.48. The smallest absolute Gasteiger partial charge is 0.0502 e. The van der Waals surface area contributed by atoms with Crippen LogP contribution in [-0.4, -0.2) is 30.6 Å². The maximum absolute atomic E-state index is 3.59. The molecule has 1 saturated heterocycles. The monoisotopic (exact) mass is 274 g/mol. The zero-order valence-corrected chi connectivity index (χ0v) is 13.6. The minimum absolute atomic E-state index is 0.197. The number of nitrogens with zero attached hydrogens (tertiary/aromatic N) is 1. The molecular weight excluding hydrogens is 244 g/mol. The third-order valence-electron chi connectivity index (χ3n) is 5.08. The Balaban J connectivity index is 2.30. The summed E-state index contributed by atoms with van der Waals surface area (Å²) in [7, 11) is 2.10. The standard InChI is InChI=1S/C18H30N2/c1-5-18(3,20-12-7-6-8-13-20)17(19-4)16-11-9-10-15(2)14-16/h9-11,14,17,19H,5-8,12-13H2,1-4H3. The van der Waals surface area contributed by atoms with E-state index in [0.717, 1.165) is 0 Å². The van der Waals surface area contributed by atoms with Gasteiger partial charge in [0.1, 0.15) is 0 Å². The number of nitrogens with one attached hydrogen (secondary N) is 1. The van der Waals surface area contributed by atoms with Crippen LogP contribution >= 0.6 is 0 Å². The van der Waals surface area contributed by atoms with Crippen LogP contribution in [0.2, 0.25) is 0 Å². The van der Waals surface area contributed by atoms with E-state index in [1.54, 1.807) is 0 Å². The molecule has 112 valence electrons. The number of rotatable bonds is 5. The van der Waals surface area contributed by atoms with Gasteiger partial charge in [0.2, 0.25) is 0 Å². The van der Waals surface area contributed by atoms with E-state index in [9.17, 15) is 0 Å². The first-order valence-electron chi connectivity index (χ1n) is 8.10. The highest BCUT2D eigenvalue weighted by molar-refractivity contribution is 5.28. The first kappa shape index (κ1) is 15.5. The highest BCUT2D eigenvalue weighted by Gasteiger charge is 2.38. The summed E-state index contributed by atoms with van der Waals surface area (Å²) in [5.74, 6) is 0. The lowest BCUT2D eigenvalue weighted by atomic mass is 9.81. The third kappa shape index (κ3) is 3.07. The molecule has 2 heteroatoms. The normalized spacial score (nSPS) is 21.4. The van der Waals surface area contributed by atoms with E-state index in [2.05, 4.69) is 62.3 Å². The van der Waals surface area contributed by atoms with E-state index in [0.29, 0.717) is 6.04 Å². The lowest BCUT2D eigenvalue weighted by Gasteiger charge is -2.48. The van der Waals surface area contributed by atoms with Crippen LogP contribution in [0, 0.1) is 6.92 Å². The lowest BCUT2D eigenvalue weighted by Crippen LogP contribution is -2.55. The molecule has 1 aromatic carbocycles. The molecule has 0 aromatic heterocycles. The topological polar surface area (TPSA) is 15.3 Å². The fourth-order valence-electron chi connectivity index (χ4n) is 3.70. The minimum atomic E-state index is 0.197. The zero-order chi connectivity index (χ0) is 14.6. The van der Waals surface area contributed by atoms with Gasteiger partial charge < -0.3 is 5.32 Å². The molecule has 1 N–H and O–H groups in total. The molecule has 2 nitrogen and oxygen atoms in total. The van der Waals surface area contributed by atoms with Crippen LogP contribution in [0.25, 0.3) is 0 Å². The molecule has 2 atom stereocenters. The van der Waals surface area contributed by atoms with E-state index < -0.39 is 0 Å². The molecule has 1 heterocycles. The van der Waals surface area contributed by atoms with Gasteiger partial charge in [-0.2, -0.15) is 0 Å². The summed E-state index contributed by atoms with van der Waals surface area (Å²) < 4.78 is 0. The summed E-state index contributed by atoms with van der Waals surface area (Å²) in [5, 5.41) is 3.59. The molecule has 1 aliphatic heterocycles. The first-order chi connectivity index (χ1) is 9.61. The lowest BCUT2D eigenvalue weighted by molar-refractivity contribution is 0.0448. The Hall–Kier alpha value is -0.860. The van der Waals surface area contributed by atoms with Gasteiger partial charge in [-0.3, -0.25) is 4.90 Å². The van der Waals surface area contributed by atoms with E-state index in [1.165, 1.54) is 49.9 Å². The van der Waals surface area contributed by atoms with Gasteiger partial charge in [0.15, 0.2) is 0 Å². The maximum Gasteiger partial charge on any atom is 0.0502 e. The van der Waals surface area contributed by atoms with Crippen LogP contribution in [0.3, 0.4) is 0 Å². The van der Waals surface area contributed by atoms with Gasteiger partial charge in [-0.25, -0.2) is 0 Å². The second-order valence-corrected chi connectivity index (χ2v) is 6.39. The summed E-state index contributed by atoms with van der Waals surface area (Å²) in [4.78, 5) is 2.71. The summed E-state index contributed by atoms with van der Waals surface area (Å²) in [6.07, 6.45) is 5.26. The second kappa shape index (κ2) is 6.73. The van der Waals surface area contributed by atoms with Crippen molar-refractivity contribution in [3.05, 3.63) is 35.4 Å². The Morgan fingerprint density at radius 3 is 2.50 bits per heavy atom. The Morgan fingerprint density at radius 2 is 1.95 bits per heavy atom. The van der Waals surface area contributed by atoms with Crippen LogP contribution in [0.1, 0.15) is 56.7 Å². The molecular formula is C18H30N2. The molecule has 0 aliphatic carbocycles. The van der Waals surface area contributed by atoms with Gasteiger partial charge >= 0.3 is 0 Å². The molecule has 0 saturated carbocycles. The number of likely N-dealkylation sites (N-methyl/N-ethyl adjacent to an activating group) is 1. The predicted octanol–water partition coefficient (Wildman–Crippen LogP) is 3.91. The molecule has 0 bridgehead atoms. The Bertz CT molecular complexity index is 423. The van der Waals surface area contributed by atoms with Crippen molar-refractivity contribution in [3.63, 3.8) is 0 Å². The second-order valence-electron chi connectivity index (χ2n) is 6.39. The molecule has 1 aromatic rings. The number of piperidine rings is 1. The van der Waals surface area contributed by atoms with Crippen molar-refractivity contribution in [1.82, 2.24) is 10.2 Å². The van der Waals surface area contributed by atoms with Crippen molar-refractivity contribution in [2.75, 3.05) is 20.1 Å². The van der Waals surface area contributed by atoms with Gasteiger partial charge in [0.05, 0.1) is 6.04 Å². The first-order valence-corrected chi connectivity index (χ1v) is 8.10. The van der Waals surface area contributed by atoms with E-state index in [4.69, 9.17) is 0 Å². The van der Waals surface area contributed by atoms with Crippen LogP contribution in [0.15, 0.2) is 24.3 Å². The Morgan fingerprint density at radius 1 is 1.25 bits per heavy atom. The quantitative estimate of drug-likeness (QED) is 0.875.